The zero-order valence-electron chi connectivity index (χ0n) is 12.8. The molecule has 0 aliphatic carbocycles. The first kappa shape index (κ1) is 17.0. The quantitative estimate of drug-likeness (QED) is 0.851. The van der Waals surface area contributed by atoms with Crippen molar-refractivity contribution in [2.24, 2.45) is 0 Å². The summed E-state index contributed by atoms with van der Waals surface area (Å²) in [7, 11) is 0. The molecule has 0 unspecified atom stereocenters. The zero-order chi connectivity index (χ0) is 18.2. The third kappa shape index (κ3) is 3.20. The maximum Gasteiger partial charge on any atom is 0.422 e. The highest BCUT2D eigenvalue weighted by molar-refractivity contribution is 5.99. The molecule has 0 bridgehead atoms. The van der Waals surface area contributed by atoms with E-state index in [0.717, 1.165) is 0 Å². The molecular weight excluding hydrogens is 341 g/mol. The lowest BCUT2D eigenvalue weighted by molar-refractivity contribution is -0.153. The minimum Gasteiger partial charge on any atom is -0.511 e. The fourth-order valence-electron chi connectivity index (χ4n) is 3.00. The number of benzene rings is 1. The predicted octanol–water partition coefficient (Wildman–Crippen LogP) is 2.46. The second kappa shape index (κ2) is 5.88. The lowest BCUT2D eigenvalue weighted by Gasteiger charge is -2.41. The zero-order valence-corrected chi connectivity index (χ0v) is 12.8. The molecule has 2 N–H and O–H groups in total. The molecule has 0 saturated carbocycles. The van der Waals surface area contributed by atoms with Crippen LogP contribution in [-0.4, -0.2) is 30.4 Å². The SMILES string of the molecule is N#CC1=C(O)C[C@]2(CCOc3cc(OCC(F)(F)F)ccc32)NC1=O. The summed E-state index contributed by atoms with van der Waals surface area (Å²) in [6, 6.07) is 5.80. The van der Waals surface area contributed by atoms with Gasteiger partial charge < -0.3 is 19.9 Å². The van der Waals surface area contributed by atoms with Crippen molar-refractivity contribution >= 4 is 5.91 Å². The Morgan fingerprint density at radius 2 is 2.20 bits per heavy atom. The van der Waals surface area contributed by atoms with E-state index in [-0.39, 0.29) is 35.9 Å². The van der Waals surface area contributed by atoms with Crippen molar-refractivity contribution in [1.82, 2.24) is 5.32 Å². The van der Waals surface area contributed by atoms with Crippen LogP contribution in [0.3, 0.4) is 0 Å². The largest absolute Gasteiger partial charge is 0.511 e. The second-order valence-corrected chi connectivity index (χ2v) is 5.81. The number of rotatable bonds is 2. The van der Waals surface area contributed by atoms with Gasteiger partial charge in [-0.1, -0.05) is 0 Å². The Morgan fingerprint density at radius 1 is 1.44 bits per heavy atom. The molecular formula is C16H13F3N2O4. The molecule has 9 heteroatoms. The van der Waals surface area contributed by atoms with Crippen molar-refractivity contribution in [3.63, 3.8) is 0 Å². The van der Waals surface area contributed by atoms with Gasteiger partial charge in [0.15, 0.2) is 12.2 Å². The van der Waals surface area contributed by atoms with Crippen LogP contribution in [0.1, 0.15) is 18.4 Å². The summed E-state index contributed by atoms with van der Waals surface area (Å²) < 4.78 is 46.9. The predicted molar refractivity (Wildman–Crippen MR) is 77.8 cm³/mol. The van der Waals surface area contributed by atoms with Crippen LogP contribution < -0.4 is 14.8 Å². The monoisotopic (exact) mass is 354 g/mol. The van der Waals surface area contributed by atoms with E-state index in [0.29, 0.717) is 12.0 Å². The van der Waals surface area contributed by atoms with Crippen LogP contribution in [0.2, 0.25) is 0 Å². The molecule has 1 aromatic rings. The highest BCUT2D eigenvalue weighted by Crippen LogP contribution is 2.44. The van der Waals surface area contributed by atoms with E-state index < -0.39 is 24.2 Å². The molecule has 2 aliphatic heterocycles. The Hall–Kier alpha value is -2.89. The highest BCUT2D eigenvalue weighted by Gasteiger charge is 2.44. The van der Waals surface area contributed by atoms with Gasteiger partial charge in [-0.25, -0.2) is 0 Å². The number of hydrogen-bond donors (Lipinski definition) is 2. The van der Waals surface area contributed by atoms with Crippen molar-refractivity contribution in [1.29, 1.82) is 5.26 Å². The summed E-state index contributed by atoms with van der Waals surface area (Å²) in [5, 5.41) is 21.6. The Balaban J connectivity index is 1.92. The van der Waals surface area contributed by atoms with Gasteiger partial charge in [0.05, 0.1) is 12.1 Å². The summed E-state index contributed by atoms with van der Waals surface area (Å²) in [6.45, 7) is -1.24. The standard InChI is InChI=1S/C16H13F3N2O4/c17-16(18,19)8-25-9-1-2-11-13(5-9)24-4-3-15(11)6-12(22)10(7-20)14(23)21-15/h1-2,5,22H,3-4,6,8H2,(H,21,23)/t15-/m0/s1. The second-order valence-electron chi connectivity index (χ2n) is 5.81. The first-order valence-corrected chi connectivity index (χ1v) is 7.36. The molecule has 2 heterocycles. The number of ether oxygens (including phenoxy) is 2. The normalized spacial score (nSPS) is 22.7. The van der Waals surface area contributed by atoms with Crippen LogP contribution in [0.5, 0.6) is 11.5 Å². The Bertz CT molecular complexity index is 798. The molecule has 6 nitrogen and oxygen atoms in total. The van der Waals surface area contributed by atoms with Crippen molar-refractivity contribution in [3.05, 3.63) is 35.1 Å². The molecule has 1 amide bonds. The Morgan fingerprint density at radius 3 is 2.84 bits per heavy atom. The number of alkyl halides is 3. The molecule has 1 aromatic carbocycles. The van der Waals surface area contributed by atoms with Crippen molar-refractivity contribution in [3.8, 4) is 17.6 Å². The molecule has 0 fully saturated rings. The highest BCUT2D eigenvalue weighted by atomic mass is 19.4. The Kier molecular flexibility index (Phi) is 3.99. The van der Waals surface area contributed by atoms with Gasteiger partial charge in [0.2, 0.25) is 0 Å². The van der Waals surface area contributed by atoms with Crippen LogP contribution >= 0.6 is 0 Å². The van der Waals surface area contributed by atoms with Gasteiger partial charge in [-0.2, -0.15) is 18.4 Å². The molecule has 1 atom stereocenters. The van der Waals surface area contributed by atoms with Crippen LogP contribution in [0.25, 0.3) is 0 Å². The van der Waals surface area contributed by atoms with Crippen LogP contribution in [-0.2, 0) is 10.3 Å². The van der Waals surface area contributed by atoms with Crippen LogP contribution in [0.15, 0.2) is 29.5 Å². The first-order chi connectivity index (χ1) is 11.7. The van der Waals surface area contributed by atoms with Gasteiger partial charge in [0.1, 0.15) is 23.3 Å². The number of aliphatic hydroxyl groups is 1. The van der Waals surface area contributed by atoms with Crippen molar-refractivity contribution < 1.29 is 32.5 Å². The summed E-state index contributed by atoms with van der Waals surface area (Å²) in [5.74, 6) is -0.778. The number of aliphatic hydroxyl groups excluding tert-OH is 1. The van der Waals surface area contributed by atoms with Gasteiger partial charge in [0.25, 0.3) is 5.91 Å². The van der Waals surface area contributed by atoms with Gasteiger partial charge in [-0.05, 0) is 12.1 Å². The summed E-state index contributed by atoms with van der Waals surface area (Å²) in [6.07, 6.45) is -4.11. The lowest BCUT2D eigenvalue weighted by Crippen LogP contribution is -2.52. The number of nitrogens with one attached hydrogen (secondary N) is 1. The fraction of sp³-hybridized carbons (Fsp3) is 0.375. The van der Waals surface area contributed by atoms with Crippen molar-refractivity contribution in [2.45, 2.75) is 24.6 Å². The number of fused-ring (bicyclic) bond motifs is 2. The Labute approximate surface area is 140 Å². The number of nitrogens with zero attached hydrogens (tertiary/aromatic N) is 1. The summed E-state index contributed by atoms with van der Waals surface area (Å²) in [4.78, 5) is 12.1. The maximum atomic E-state index is 12.3. The van der Waals surface area contributed by atoms with E-state index in [4.69, 9.17) is 14.7 Å². The van der Waals surface area contributed by atoms with E-state index in [9.17, 15) is 23.1 Å². The number of carbonyl (C=O) groups is 1. The molecule has 2 aliphatic rings. The smallest absolute Gasteiger partial charge is 0.422 e. The molecule has 1 spiro atoms. The number of halogens is 3. The fourth-order valence-corrected chi connectivity index (χ4v) is 3.00. The van der Waals surface area contributed by atoms with Crippen LogP contribution in [0, 0.1) is 11.3 Å². The number of amides is 1. The van der Waals surface area contributed by atoms with Gasteiger partial charge >= 0.3 is 6.18 Å². The molecule has 3 rings (SSSR count). The van der Waals surface area contributed by atoms with E-state index in [2.05, 4.69) is 5.32 Å². The number of carbonyl (C=O) groups excluding carboxylic acids is 1. The minimum absolute atomic E-state index is 0.000742. The maximum absolute atomic E-state index is 12.3. The van der Waals surface area contributed by atoms with Crippen molar-refractivity contribution in [2.75, 3.05) is 13.2 Å². The van der Waals surface area contributed by atoms with Gasteiger partial charge in [0, 0.05) is 24.5 Å². The molecule has 25 heavy (non-hydrogen) atoms. The van der Waals surface area contributed by atoms with Gasteiger partial charge in [-0.15, -0.1) is 0 Å². The average Bonchev–Trinajstić information content (AvgIpc) is 2.52. The lowest BCUT2D eigenvalue weighted by atomic mass is 9.78. The number of nitriles is 1. The van der Waals surface area contributed by atoms with E-state index in [1.54, 1.807) is 6.07 Å². The summed E-state index contributed by atoms with van der Waals surface area (Å²) in [5.41, 5.74) is -0.809. The summed E-state index contributed by atoms with van der Waals surface area (Å²) >= 11 is 0. The third-order valence-electron chi connectivity index (χ3n) is 4.11. The molecule has 0 radical (unpaired) electrons. The van der Waals surface area contributed by atoms with Crippen LogP contribution in [0.4, 0.5) is 13.2 Å². The topological polar surface area (TPSA) is 91.6 Å². The van der Waals surface area contributed by atoms with E-state index in [1.165, 1.54) is 18.2 Å². The molecule has 0 saturated heterocycles. The van der Waals surface area contributed by atoms with E-state index >= 15 is 0 Å². The number of hydrogen-bond acceptors (Lipinski definition) is 5. The molecule has 132 valence electrons. The third-order valence-corrected chi connectivity index (χ3v) is 4.11. The first-order valence-electron chi connectivity index (χ1n) is 7.36. The van der Waals surface area contributed by atoms with Gasteiger partial charge in [-0.3, -0.25) is 4.79 Å². The minimum atomic E-state index is -4.46. The van der Waals surface area contributed by atoms with E-state index in [1.807, 2.05) is 0 Å². The average molecular weight is 354 g/mol. The molecule has 0 aromatic heterocycles.